The average Bonchev–Trinajstić information content (AvgIpc) is 3.46. The minimum Gasteiger partial charge on any atom is -0.490 e. The quantitative estimate of drug-likeness (QED) is 0.0629. The number of hydrogen-bond donors (Lipinski definition) is 1. The van der Waals surface area contributed by atoms with Crippen LogP contribution in [0.3, 0.4) is 0 Å². The molecular weight excluding hydrogens is 580 g/mol. The molecule has 1 aromatic heterocycles. The highest BCUT2D eigenvalue weighted by molar-refractivity contribution is 5.95. The normalized spacial score (nSPS) is 10.9. The predicted octanol–water partition coefficient (Wildman–Crippen LogP) is 7.83. The minimum absolute atomic E-state index is 0.0169. The number of nitro benzene ring substituents is 1. The van der Waals surface area contributed by atoms with E-state index in [-0.39, 0.29) is 18.2 Å². The van der Waals surface area contributed by atoms with E-state index >= 15 is 0 Å². The number of nitrogens with zero attached hydrogens (tertiary/aromatic N) is 3. The number of ether oxygens (including phenoxy) is 2. The standard InChI is InChI=1S/C37H34N4O5/c1-4-9-31-22-28(23-35(45-5-2)36(31)46-25-27-13-17-33(18-14-27)41(43)44)24-38-39-37(42)30-15-19-32(20-16-30)40-26(3)12-21-34(40)29-10-7-6-8-11-29/h4,6-8,10-24H,1,5,9,25H2,2-3H3,(H,39,42)/b38-24+. The Hall–Kier alpha value is -5.96. The van der Waals surface area contributed by atoms with Gasteiger partial charge in [0.25, 0.3) is 11.6 Å². The van der Waals surface area contributed by atoms with Gasteiger partial charge in [0.05, 0.1) is 23.4 Å². The molecule has 0 unspecified atom stereocenters. The van der Waals surface area contributed by atoms with Crippen LogP contribution in [-0.4, -0.2) is 28.2 Å². The number of nitrogens with one attached hydrogen (secondary N) is 1. The van der Waals surface area contributed by atoms with Crippen LogP contribution in [0.15, 0.2) is 121 Å². The SMILES string of the molecule is C=CCc1cc(/C=N/NC(=O)c2ccc(-n3c(C)ccc3-c3ccccc3)cc2)cc(OCC)c1OCc1ccc([N+](=O)[O-])cc1. The molecule has 0 spiro atoms. The van der Waals surface area contributed by atoms with E-state index in [2.05, 4.69) is 52.9 Å². The van der Waals surface area contributed by atoms with Crippen LogP contribution in [-0.2, 0) is 13.0 Å². The van der Waals surface area contributed by atoms with Gasteiger partial charge in [0.2, 0.25) is 0 Å². The highest BCUT2D eigenvalue weighted by Crippen LogP contribution is 2.34. The zero-order valence-electron chi connectivity index (χ0n) is 25.7. The molecule has 4 aromatic carbocycles. The highest BCUT2D eigenvalue weighted by atomic mass is 16.6. The highest BCUT2D eigenvalue weighted by Gasteiger charge is 2.15. The first-order chi connectivity index (χ1) is 22.4. The summed E-state index contributed by atoms with van der Waals surface area (Å²) in [5.74, 6) is 0.728. The van der Waals surface area contributed by atoms with E-state index in [9.17, 15) is 14.9 Å². The van der Waals surface area contributed by atoms with E-state index < -0.39 is 4.92 Å². The number of aromatic nitrogens is 1. The summed E-state index contributed by atoms with van der Waals surface area (Å²) in [6.07, 6.45) is 3.81. The predicted molar refractivity (Wildman–Crippen MR) is 180 cm³/mol. The van der Waals surface area contributed by atoms with Gasteiger partial charge in [-0.3, -0.25) is 14.9 Å². The van der Waals surface area contributed by atoms with Crippen LogP contribution in [0.2, 0.25) is 0 Å². The van der Waals surface area contributed by atoms with Gasteiger partial charge in [0.1, 0.15) is 6.61 Å². The summed E-state index contributed by atoms with van der Waals surface area (Å²) >= 11 is 0. The Morgan fingerprint density at radius 3 is 2.39 bits per heavy atom. The molecule has 1 N–H and O–H groups in total. The zero-order valence-corrected chi connectivity index (χ0v) is 25.7. The van der Waals surface area contributed by atoms with Crippen LogP contribution < -0.4 is 14.9 Å². The van der Waals surface area contributed by atoms with Gasteiger partial charge in [0, 0.05) is 34.6 Å². The molecule has 9 nitrogen and oxygen atoms in total. The van der Waals surface area contributed by atoms with E-state index in [0.29, 0.717) is 35.7 Å². The lowest BCUT2D eigenvalue weighted by Crippen LogP contribution is -2.17. The van der Waals surface area contributed by atoms with Crippen LogP contribution in [0, 0.1) is 17.0 Å². The number of rotatable bonds is 13. The average molecular weight is 615 g/mol. The monoisotopic (exact) mass is 614 g/mol. The second-order valence-electron chi connectivity index (χ2n) is 10.5. The topological polar surface area (TPSA) is 108 Å². The van der Waals surface area contributed by atoms with Crippen molar-refractivity contribution in [2.45, 2.75) is 26.9 Å². The Balaban J connectivity index is 1.29. The van der Waals surface area contributed by atoms with E-state index in [4.69, 9.17) is 9.47 Å². The fourth-order valence-corrected chi connectivity index (χ4v) is 5.07. The summed E-state index contributed by atoms with van der Waals surface area (Å²) in [6.45, 7) is 8.39. The van der Waals surface area contributed by atoms with Crippen LogP contribution in [0.4, 0.5) is 5.69 Å². The number of amides is 1. The van der Waals surface area contributed by atoms with Crippen LogP contribution in [0.25, 0.3) is 16.9 Å². The summed E-state index contributed by atoms with van der Waals surface area (Å²) in [5, 5.41) is 15.2. The number of hydrogen-bond acceptors (Lipinski definition) is 6. The van der Waals surface area contributed by atoms with Gasteiger partial charge >= 0.3 is 0 Å². The number of carbonyl (C=O) groups is 1. The molecular formula is C37H34N4O5. The van der Waals surface area contributed by atoms with Crippen LogP contribution in [0.1, 0.15) is 39.7 Å². The summed E-state index contributed by atoms with van der Waals surface area (Å²) in [7, 11) is 0. The molecule has 0 aliphatic rings. The number of non-ortho nitro benzene ring substituents is 1. The molecule has 0 fully saturated rings. The zero-order chi connectivity index (χ0) is 32.5. The molecule has 0 saturated heterocycles. The van der Waals surface area contributed by atoms with Crippen molar-refractivity contribution in [1.29, 1.82) is 0 Å². The van der Waals surface area contributed by atoms with Crippen molar-refractivity contribution >= 4 is 17.8 Å². The van der Waals surface area contributed by atoms with Crippen molar-refractivity contribution in [1.82, 2.24) is 9.99 Å². The summed E-state index contributed by atoms with van der Waals surface area (Å²) in [4.78, 5) is 23.5. The van der Waals surface area contributed by atoms with E-state index in [1.807, 2.05) is 43.3 Å². The van der Waals surface area contributed by atoms with Crippen molar-refractivity contribution in [3.8, 4) is 28.4 Å². The van der Waals surface area contributed by atoms with Gasteiger partial charge in [-0.25, -0.2) is 5.43 Å². The first-order valence-corrected chi connectivity index (χ1v) is 14.8. The van der Waals surface area contributed by atoms with Crippen LogP contribution in [0.5, 0.6) is 11.5 Å². The fourth-order valence-electron chi connectivity index (χ4n) is 5.07. The Morgan fingerprint density at radius 1 is 0.978 bits per heavy atom. The van der Waals surface area contributed by atoms with Gasteiger partial charge in [0.15, 0.2) is 11.5 Å². The lowest BCUT2D eigenvalue weighted by Gasteiger charge is -2.17. The number of benzene rings is 4. The van der Waals surface area contributed by atoms with Crippen molar-refractivity contribution in [2.24, 2.45) is 5.10 Å². The second-order valence-corrected chi connectivity index (χ2v) is 10.5. The minimum atomic E-state index is -0.439. The summed E-state index contributed by atoms with van der Waals surface area (Å²) in [5.41, 5.74) is 9.63. The van der Waals surface area contributed by atoms with Crippen molar-refractivity contribution in [3.63, 3.8) is 0 Å². The third kappa shape index (κ3) is 7.39. The number of aryl methyl sites for hydroxylation is 1. The molecule has 0 aliphatic heterocycles. The lowest BCUT2D eigenvalue weighted by molar-refractivity contribution is -0.384. The Bertz CT molecular complexity index is 1860. The number of carbonyl (C=O) groups excluding carboxylic acids is 1. The Morgan fingerprint density at radius 2 is 1.72 bits per heavy atom. The second kappa shape index (κ2) is 14.7. The summed E-state index contributed by atoms with van der Waals surface area (Å²) < 4.78 is 14.2. The van der Waals surface area contributed by atoms with Crippen molar-refractivity contribution < 1.29 is 19.2 Å². The van der Waals surface area contributed by atoms with E-state index in [0.717, 1.165) is 33.8 Å². The molecule has 5 rings (SSSR count). The molecule has 0 atom stereocenters. The van der Waals surface area contributed by atoms with Gasteiger partial charge in [-0.05, 0) is 97.6 Å². The van der Waals surface area contributed by atoms with Gasteiger partial charge < -0.3 is 14.0 Å². The summed E-state index contributed by atoms with van der Waals surface area (Å²) in [6, 6.07) is 31.6. The third-order valence-electron chi connectivity index (χ3n) is 7.26. The maximum Gasteiger partial charge on any atom is 0.271 e. The Labute approximate surface area is 267 Å². The molecule has 1 heterocycles. The smallest absolute Gasteiger partial charge is 0.271 e. The number of nitro groups is 1. The third-order valence-corrected chi connectivity index (χ3v) is 7.26. The molecule has 0 aliphatic carbocycles. The maximum atomic E-state index is 12.9. The molecule has 46 heavy (non-hydrogen) atoms. The maximum absolute atomic E-state index is 12.9. The molecule has 1 amide bonds. The van der Waals surface area contributed by atoms with Gasteiger partial charge in [-0.15, -0.1) is 6.58 Å². The lowest BCUT2D eigenvalue weighted by atomic mass is 10.1. The molecule has 232 valence electrons. The molecule has 0 radical (unpaired) electrons. The first kappa shape index (κ1) is 31.5. The van der Waals surface area contributed by atoms with Gasteiger partial charge in [-0.2, -0.15) is 5.10 Å². The first-order valence-electron chi connectivity index (χ1n) is 14.8. The molecule has 0 saturated carbocycles. The number of allylic oxidation sites excluding steroid dienone is 1. The fraction of sp³-hybridized carbons (Fsp3) is 0.135. The van der Waals surface area contributed by atoms with E-state index in [1.54, 1.807) is 42.6 Å². The van der Waals surface area contributed by atoms with E-state index in [1.165, 1.54) is 12.1 Å². The van der Waals surface area contributed by atoms with Crippen molar-refractivity contribution in [3.05, 3.63) is 154 Å². The molecule has 9 heteroatoms. The van der Waals surface area contributed by atoms with Crippen LogP contribution >= 0.6 is 0 Å². The molecule has 0 bridgehead atoms. The van der Waals surface area contributed by atoms with Crippen molar-refractivity contribution in [2.75, 3.05) is 6.61 Å². The largest absolute Gasteiger partial charge is 0.490 e. The molecule has 5 aromatic rings. The number of hydrazone groups is 1. The Kier molecular flexibility index (Phi) is 10.0. The van der Waals surface area contributed by atoms with Gasteiger partial charge in [-0.1, -0.05) is 36.4 Å².